The van der Waals surface area contributed by atoms with Crippen LogP contribution in [-0.2, 0) is 4.79 Å². The van der Waals surface area contributed by atoms with Crippen molar-refractivity contribution in [1.29, 1.82) is 0 Å². The van der Waals surface area contributed by atoms with Crippen LogP contribution in [0.1, 0.15) is 36.6 Å². The third-order valence-corrected chi connectivity index (χ3v) is 4.14. The molecule has 1 N–H and O–H groups in total. The Morgan fingerprint density at radius 1 is 0.923 bits per heavy atom. The molecule has 0 aliphatic carbocycles. The minimum Gasteiger partial charge on any atom is -0.497 e. The lowest BCUT2D eigenvalue weighted by atomic mass is 10.1. The zero-order valence-electron chi connectivity index (χ0n) is 16.3. The predicted octanol–water partition coefficient (Wildman–Crippen LogP) is 3.97. The summed E-state index contributed by atoms with van der Waals surface area (Å²) in [6.45, 7) is 7.64. The molecule has 2 aromatic carbocycles. The van der Waals surface area contributed by atoms with Gasteiger partial charge in [0.2, 0.25) is 0 Å². The molecule has 0 radical (unpaired) electrons. The first-order valence-corrected chi connectivity index (χ1v) is 8.61. The first-order valence-electron chi connectivity index (χ1n) is 8.61. The summed E-state index contributed by atoms with van der Waals surface area (Å²) >= 11 is 0. The second-order valence-corrected chi connectivity index (χ2v) is 6.42. The Balaban J connectivity index is 2.08. The van der Waals surface area contributed by atoms with Gasteiger partial charge in [0.25, 0.3) is 5.91 Å². The molecule has 0 bridgehead atoms. The van der Waals surface area contributed by atoms with Crippen LogP contribution in [0.15, 0.2) is 36.4 Å². The van der Waals surface area contributed by atoms with Gasteiger partial charge in [0.1, 0.15) is 17.2 Å². The first-order chi connectivity index (χ1) is 12.3. The number of carbonyl (C=O) groups excluding carboxylic acids is 1. The van der Waals surface area contributed by atoms with E-state index in [1.165, 1.54) is 0 Å². The molecule has 2 atom stereocenters. The maximum Gasteiger partial charge on any atom is 0.261 e. The summed E-state index contributed by atoms with van der Waals surface area (Å²) in [6.07, 6.45) is -0.616. The van der Waals surface area contributed by atoms with E-state index in [1.54, 1.807) is 21.1 Å². The summed E-state index contributed by atoms with van der Waals surface area (Å²) in [4.78, 5) is 12.5. The van der Waals surface area contributed by atoms with Gasteiger partial charge >= 0.3 is 0 Å². The monoisotopic (exact) mass is 357 g/mol. The van der Waals surface area contributed by atoms with Crippen molar-refractivity contribution in [3.8, 4) is 17.2 Å². The molecule has 2 aromatic rings. The molecule has 140 valence electrons. The maximum absolute atomic E-state index is 12.5. The summed E-state index contributed by atoms with van der Waals surface area (Å²) in [5, 5.41) is 2.97. The Hall–Kier alpha value is -2.69. The summed E-state index contributed by atoms with van der Waals surface area (Å²) in [5.41, 5.74) is 3.04. The predicted molar refractivity (Wildman–Crippen MR) is 102 cm³/mol. The van der Waals surface area contributed by atoms with E-state index in [9.17, 15) is 4.79 Å². The lowest BCUT2D eigenvalue weighted by molar-refractivity contribution is -0.127. The van der Waals surface area contributed by atoms with Gasteiger partial charge in [0, 0.05) is 5.56 Å². The topological polar surface area (TPSA) is 56.8 Å². The lowest BCUT2D eigenvalue weighted by Gasteiger charge is -2.21. The number of rotatable bonds is 7. The van der Waals surface area contributed by atoms with E-state index in [2.05, 4.69) is 11.4 Å². The highest BCUT2D eigenvalue weighted by Crippen LogP contribution is 2.29. The minimum absolute atomic E-state index is 0.193. The highest BCUT2D eigenvalue weighted by molar-refractivity contribution is 5.81. The van der Waals surface area contributed by atoms with Gasteiger partial charge in [0.05, 0.1) is 20.3 Å². The van der Waals surface area contributed by atoms with Crippen molar-refractivity contribution in [2.45, 2.75) is 39.8 Å². The van der Waals surface area contributed by atoms with E-state index in [0.29, 0.717) is 17.2 Å². The second kappa shape index (κ2) is 8.61. The number of nitrogens with one attached hydrogen (secondary N) is 1. The van der Waals surface area contributed by atoms with Gasteiger partial charge in [-0.25, -0.2) is 0 Å². The zero-order chi connectivity index (χ0) is 19.3. The van der Waals surface area contributed by atoms with E-state index in [-0.39, 0.29) is 11.9 Å². The van der Waals surface area contributed by atoms with Crippen LogP contribution >= 0.6 is 0 Å². The van der Waals surface area contributed by atoms with Crippen molar-refractivity contribution in [3.63, 3.8) is 0 Å². The average Bonchev–Trinajstić information content (AvgIpc) is 2.59. The molecule has 5 heteroatoms. The van der Waals surface area contributed by atoms with Crippen LogP contribution in [0.3, 0.4) is 0 Å². The molecular formula is C21H27NO4. The van der Waals surface area contributed by atoms with Gasteiger partial charge in [-0.05, 0) is 69.2 Å². The van der Waals surface area contributed by atoms with Gasteiger partial charge in [-0.2, -0.15) is 0 Å². The normalized spacial score (nSPS) is 12.8. The highest BCUT2D eigenvalue weighted by Gasteiger charge is 2.20. The molecule has 0 heterocycles. The van der Waals surface area contributed by atoms with Crippen molar-refractivity contribution in [1.82, 2.24) is 5.32 Å². The molecule has 0 aromatic heterocycles. The van der Waals surface area contributed by atoms with E-state index in [4.69, 9.17) is 14.2 Å². The number of aryl methyl sites for hydroxylation is 2. The minimum atomic E-state index is -0.616. The van der Waals surface area contributed by atoms with Gasteiger partial charge in [0.15, 0.2) is 6.10 Å². The summed E-state index contributed by atoms with van der Waals surface area (Å²) in [7, 11) is 3.21. The van der Waals surface area contributed by atoms with Gasteiger partial charge in [-0.3, -0.25) is 4.79 Å². The molecule has 0 saturated carbocycles. The quantitative estimate of drug-likeness (QED) is 0.815. The fraction of sp³-hybridized carbons (Fsp3) is 0.381. The Morgan fingerprint density at radius 2 is 1.58 bits per heavy atom. The van der Waals surface area contributed by atoms with Crippen LogP contribution in [0.5, 0.6) is 17.2 Å². The number of methoxy groups -OCH3 is 2. The molecule has 0 aliphatic heterocycles. The van der Waals surface area contributed by atoms with Gasteiger partial charge < -0.3 is 19.5 Å². The van der Waals surface area contributed by atoms with E-state index in [0.717, 1.165) is 16.7 Å². The van der Waals surface area contributed by atoms with Crippen molar-refractivity contribution in [2.75, 3.05) is 14.2 Å². The average molecular weight is 357 g/mol. The number of benzene rings is 2. The Kier molecular flexibility index (Phi) is 6.50. The Bertz CT molecular complexity index is 752. The second-order valence-electron chi connectivity index (χ2n) is 6.42. The van der Waals surface area contributed by atoms with Crippen molar-refractivity contribution in [3.05, 3.63) is 53.1 Å². The van der Waals surface area contributed by atoms with Crippen LogP contribution in [0, 0.1) is 13.8 Å². The van der Waals surface area contributed by atoms with Crippen LogP contribution in [-0.4, -0.2) is 26.2 Å². The van der Waals surface area contributed by atoms with Crippen molar-refractivity contribution in [2.24, 2.45) is 0 Å². The van der Waals surface area contributed by atoms with E-state index >= 15 is 0 Å². The Morgan fingerprint density at radius 3 is 2.15 bits per heavy atom. The van der Waals surface area contributed by atoms with Gasteiger partial charge in [-0.15, -0.1) is 0 Å². The fourth-order valence-corrected chi connectivity index (χ4v) is 2.84. The van der Waals surface area contributed by atoms with Crippen LogP contribution in [0.2, 0.25) is 0 Å². The molecular weight excluding hydrogens is 330 g/mol. The maximum atomic E-state index is 12.5. The molecule has 1 amide bonds. The molecule has 2 unspecified atom stereocenters. The molecule has 0 saturated heterocycles. The molecule has 0 fully saturated rings. The van der Waals surface area contributed by atoms with Crippen LogP contribution in [0.4, 0.5) is 0 Å². The largest absolute Gasteiger partial charge is 0.497 e. The van der Waals surface area contributed by atoms with Crippen molar-refractivity contribution < 1.29 is 19.0 Å². The molecule has 5 nitrogen and oxygen atoms in total. The summed E-state index contributed by atoms with van der Waals surface area (Å²) in [6, 6.07) is 11.2. The number of amides is 1. The molecule has 0 aliphatic rings. The third kappa shape index (κ3) is 4.91. The van der Waals surface area contributed by atoms with E-state index in [1.807, 2.05) is 51.1 Å². The highest BCUT2D eigenvalue weighted by atomic mass is 16.5. The summed E-state index contributed by atoms with van der Waals surface area (Å²) < 4.78 is 16.5. The number of ether oxygens (including phenoxy) is 3. The van der Waals surface area contributed by atoms with Crippen LogP contribution < -0.4 is 19.5 Å². The number of hydrogen-bond acceptors (Lipinski definition) is 4. The smallest absolute Gasteiger partial charge is 0.261 e. The third-order valence-electron chi connectivity index (χ3n) is 4.14. The zero-order valence-corrected chi connectivity index (χ0v) is 16.3. The molecule has 26 heavy (non-hydrogen) atoms. The lowest BCUT2D eigenvalue weighted by Crippen LogP contribution is -2.37. The molecule has 2 rings (SSSR count). The first kappa shape index (κ1) is 19.6. The fourth-order valence-electron chi connectivity index (χ4n) is 2.84. The van der Waals surface area contributed by atoms with Crippen molar-refractivity contribution >= 4 is 5.91 Å². The Labute approximate surface area is 155 Å². The standard InChI is InChI=1S/C21H27NO4/c1-13-9-14(2)11-18(10-13)26-16(4)21(23)22-15(3)19-12-17(24-5)7-8-20(19)25-6/h7-12,15-16H,1-6H3,(H,22,23). The van der Waals surface area contributed by atoms with Gasteiger partial charge in [-0.1, -0.05) is 6.07 Å². The number of hydrogen-bond donors (Lipinski definition) is 1. The SMILES string of the molecule is COc1ccc(OC)c(C(C)NC(=O)C(C)Oc2cc(C)cc(C)c2)c1. The molecule has 0 spiro atoms. The van der Waals surface area contributed by atoms with E-state index < -0.39 is 6.10 Å². The summed E-state index contributed by atoms with van der Waals surface area (Å²) in [5.74, 6) is 1.90. The van der Waals surface area contributed by atoms with Crippen LogP contribution in [0.25, 0.3) is 0 Å². The number of carbonyl (C=O) groups is 1.